The second-order valence-corrected chi connectivity index (χ2v) is 6.00. The molecule has 2 fully saturated rings. The third-order valence-electron chi connectivity index (χ3n) is 3.04. The van der Waals surface area contributed by atoms with Gasteiger partial charge in [-0.25, -0.2) is 4.79 Å². The van der Waals surface area contributed by atoms with Gasteiger partial charge in [0.1, 0.15) is 11.6 Å². The van der Waals surface area contributed by atoms with E-state index in [1.54, 1.807) is 0 Å². The molecule has 0 aromatic carbocycles. The Morgan fingerprint density at radius 1 is 1.25 bits per heavy atom. The molecule has 2 rings (SSSR count). The van der Waals surface area contributed by atoms with Crippen molar-refractivity contribution in [1.29, 1.82) is 0 Å². The smallest absolute Gasteiger partial charge is 0.410 e. The van der Waals surface area contributed by atoms with Gasteiger partial charge in [-0.2, -0.15) is 0 Å². The van der Waals surface area contributed by atoms with Crippen LogP contribution in [0.4, 0.5) is 4.79 Å². The summed E-state index contributed by atoms with van der Waals surface area (Å²) in [5.41, 5.74) is -0.380. The quantitative estimate of drug-likeness (QED) is 0.755. The van der Waals surface area contributed by atoms with Gasteiger partial charge in [-0.15, -0.1) is 0 Å². The van der Waals surface area contributed by atoms with Crippen molar-refractivity contribution >= 4 is 6.09 Å². The number of hydrogen-bond acceptors (Lipinski definition) is 2. The van der Waals surface area contributed by atoms with Gasteiger partial charge in [0, 0.05) is 25.8 Å². The van der Waals surface area contributed by atoms with Crippen LogP contribution in [-0.2, 0) is 4.74 Å². The first-order valence-corrected chi connectivity index (χ1v) is 6.27. The average molecular weight is 227 g/mol. The van der Waals surface area contributed by atoms with Crippen LogP contribution in [0.5, 0.6) is 0 Å². The fourth-order valence-corrected chi connectivity index (χ4v) is 2.11. The topological polar surface area (TPSA) is 46.1 Å². The lowest BCUT2D eigenvalue weighted by atomic mass is 10.2. The molecule has 1 saturated carbocycles. The Hall–Kier alpha value is -0.770. The maximum absolute atomic E-state index is 11.8. The normalized spacial score (nSPS) is 25.9. The van der Waals surface area contributed by atoms with E-state index in [1.807, 2.05) is 25.7 Å². The molecule has 0 aromatic heterocycles. The molecule has 0 spiro atoms. The Balaban J connectivity index is 1.76. The van der Waals surface area contributed by atoms with Crippen LogP contribution in [0.1, 0.15) is 40.0 Å². The molecule has 0 radical (unpaired) electrons. The Bertz CT molecular complexity index is 269. The number of ether oxygens (including phenoxy) is 1. The summed E-state index contributed by atoms with van der Waals surface area (Å²) < 4.78 is 5.36. The van der Waals surface area contributed by atoms with Gasteiger partial charge in [0.05, 0.1) is 12.6 Å². The summed E-state index contributed by atoms with van der Waals surface area (Å²) in [6, 6.07) is 1.43. The van der Waals surface area contributed by atoms with E-state index in [4.69, 9.17) is 4.74 Å². The number of carbonyl (C=O) groups is 1. The van der Waals surface area contributed by atoms with Gasteiger partial charge >= 0.3 is 6.09 Å². The minimum Gasteiger partial charge on any atom is -0.444 e. The van der Waals surface area contributed by atoms with Crippen LogP contribution < -0.4 is 5.32 Å². The summed E-state index contributed by atoms with van der Waals surface area (Å²) in [6.07, 6.45) is 3.65. The van der Waals surface area contributed by atoms with Crippen LogP contribution in [0, 0.1) is 0 Å². The molecule has 1 amide bonds. The molecule has 4 nitrogen and oxygen atoms in total. The van der Waals surface area contributed by atoms with Gasteiger partial charge in [0.25, 0.3) is 0 Å². The Labute approximate surface area is 97.3 Å². The molecule has 1 heterocycles. The van der Waals surface area contributed by atoms with Gasteiger partial charge < -0.3 is 15.0 Å². The van der Waals surface area contributed by atoms with E-state index in [2.05, 4.69) is 5.32 Å². The van der Waals surface area contributed by atoms with E-state index in [0.29, 0.717) is 6.04 Å². The van der Waals surface area contributed by atoms with Crippen LogP contribution in [-0.4, -0.2) is 41.8 Å². The van der Waals surface area contributed by atoms with Crippen molar-refractivity contribution < 1.29 is 14.8 Å². The van der Waals surface area contributed by atoms with Crippen molar-refractivity contribution in [3.05, 3.63) is 0 Å². The predicted octanol–water partition coefficient (Wildman–Crippen LogP) is 0.722. The van der Waals surface area contributed by atoms with Gasteiger partial charge in [0.15, 0.2) is 0 Å². The molecule has 1 aliphatic heterocycles. The maximum atomic E-state index is 11.8. The van der Waals surface area contributed by atoms with Crippen LogP contribution in [0.25, 0.3) is 0 Å². The minimum absolute atomic E-state index is 0.154. The number of nitrogens with two attached hydrogens (primary N) is 1. The fraction of sp³-hybridized carbons (Fsp3) is 0.917. The molecule has 1 aliphatic carbocycles. The van der Waals surface area contributed by atoms with Crippen molar-refractivity contribution in [2.45, 2.75) is 57.7 Å². The summed E-state index contributed by atoms with van der Waals surface area (Å²) in [4.78, 5) is 13.6. The van der Waals surface area contributed by atoms with E-state index in [-0.39, 0.29) is 11.7 Å². The van der Waals surface area contributed by atoms with Gasteiger partial charge in [0.2, 0.25) is 0 Å². The first-order valence-electron chi connectivity index (χ1n) is 6.27. The highest BCUT2D eigenvalue weighted by molar-refractivity contribution is 5.68. The molecule has 92 valence electrons. The molecule has 1 atom stereocenters. The van der Waals surface area contributed by atoms with Gasteiger partial charge in [-0.05, 0) is 20.8 Å². The number of amides is 1. The van der Waals surface area contributed by atoms with Crippen molar-refractivity contribution in [2.75, 3.05) is 13.1 Å². The van der Waals surface area contributed by atoms with Crippen LogP contribution in [0.3, 0.4) is 0 Å². The Kier molecular flexibility index (Phi) is 3.10. The first-order chi connectivity index (χ1) is 7.44. The molecule has 16 heavy (non-hydrogen) atoms. The second-order valence-electron chi connectivity index (χ2n) is 6.00. The van der Waals surface area contributed by atoms with E-state index in [0.717, 1.165) is 25.6 Å². The lowest BCUT2D eigenvalue weighted by Crippen LogP contribution is -2.92. The summed E-state index contributed by atoms with van der Waals surface area (Å²) in [5.74, 6) is 0. The molecule has 2 N–H and O–H groups in total. The summed E-state index contributed by atoms with van der Waals surface area (Å²) in [7, 11) is 0. The number of quaternary nitrogens is 1. The Morgan fingerprint density at radius 2 is 1.94 bits per heavy atom. The molecule has 0 aromatic rings. The monoisotopic (exact) mass is 227 g/mol. The molecular weight excluding hydrogens is 204 g/mol. The highest BCUT2D eigenvalue weighted by atomic mass is 16.6. The van der Waals surface area contributed by atoms with Crippen molar-refractivity contribution in [3.8, 4) is 0 Å². The van der Waals surface area contributed by atoms with Crippen molar-refractivity contribution in [1.82, 2.24) is 4.90 Å². The van der Waals surface area contributed by atoms with Crippen molar-refractivity contribution in [3.63, 3.8) is 0 Å². The van der Waals surface area contributed by atoms with Crippen molar-refractivity contribution in [2.24, 2.45) is 0 Å². The minimum atomic E-state index is -0.380. The van der Waals surface area contributed by atoms with E-state index in [1.165, 1.54) is 12.8 Å². The Morgan fingerprint density at radius 3 is 2.50 bits per heavy atom. The zero-order chi connectivity index (χ0) is 11.8. The average Bonchev–Trinajstić information content (AvgIpc) is 2.78. The second kappa shape index (κ2) is 4.24. The van der Waals surface area contributed by atoms with E-state index >= 15 is 0 Å². The predicted molar refractivity (Wildman–Crippen MR) is 61.2 cm³/mol. The number of rotatable bonds is 2. The first kappa shape index (κ1) is 11.7. The van der Waals surface area contributed by atoms with Crippen LogP contribution in [0.15, 0.2) is 0 Å². The lowest BCUT2D eigenvalue weighted by Gasteiger charge is -2.24. The van der Waals surface area contributed by atoms with E-state index in [9.17, 15) is 4.79 Å². The molecule has 0 unspecified atom stereocenters. The molecule has 1 saturated heterocycles. The third kappa shape index (κ3) is 3.37. The zero-order valence-corrected chi connectivity index (χ0v) is 10.5. The maximum Gasteiger partial charge on any atom is 0.410 e. The number of likely N-dealkylation sites (tertiary alicyclic amines) is 1. The molecular formula is C12H23N2O2+. The highest BCUT2D eigenvalue weighted by Crippen LogP contribution is 2.17. The number of hydrogen-bond donors (Lipinski definition) is 1. The number of carbonyl (C=O) groups excluding carboxylic acids is 1. The van der Waals surface area contributed by atoms with E-state index < -0.39 is 0 Å². The third-order valence-corrected chi connectivity index (χ3v) is 3.04. The summed E-state index contributed by atoms with van der Waals surface area (Å²) in [6.45, 7) is 7.44. The number of nitrogens with zero attached hydrogens (tertiary/aromatic N) is 1. The summed E-state index contributed by atoms with van der Waals surface area (Å²) >= 11 is 0. The molecule has 4 heteroatoms. The summed E-state index contributed by atoms with van der Waals surface area (Å²) in [5, 5.41) is 2.43. The lowest BCUT2D eigenvalue weighted by molar-refractivity contribution is -0.698. The molecule has 0 bridgehead atoms. The standard InChI is InChI=1S/C12H22N2O2/c1-12(2,3)16-11(15)14-7-6-10(8-14)13-9-4-5-9/h9-10,13H,4-8H2,1-3H3/p+1/t10-/m0/s1. The zero-order valence-electron chi connectivity index (χ0n) is 10.5. The largest absolute Gasteiger partial charge is 0.444 e. The van der Waals surface area contributed by atoms with Gasteiger partial charge in [-0.3, -0.25) is 0 Å². The van der Waals surface area contributed by atoms with Crippen LogP contribution >= 0.6 is 0 Å². The fourth-order valence-electron chi connectivity index (χ4n) is 2.11. The molecule has 2 aliphatic rings. The SMILES string of the molecule is CC(C)(C)OC(=O)N1CC[C@H]([NH2+]C2CC2)C1. The van der Waals surface area contributed by atoms with Gasteiger partial charge in [-0.1, -0.05) is 0 Å². The highest BCUT2D eigenvalue weighted by Gasteiger charge is 2.35. The van der Waals surface area contributed by atoms with Crippen LogP contribution in [0.2, 0.25) is 0 Å².